The molecule has 1 aromatic heterocycles. The first kappa shape index (κ1) is 22.1. The van der Waals surface area contributed by atoms with Crippen molar-refractivity contribution in [1.82, 2.24) is 4.98 Å². The van der Waals surface area contributed by atoms with Crippen LogP contribution in [0, 0.1) is 0 Å². The highest BCUT2D eigenvalue weighted by Gasteiger charge is 2.31. The average molecular weight is 456 g/mol. The summed E-state index contributed by atoms with van der Waals surface area (Å²) >= 11 is 5.32. The van der Waals surface area contributed by atoms with Crippen molar-refractivity contribution < 1.29 is 18.7 Å². The molecule has 0 fully saturated rings. The Labute approximate surface area is 188 Å². The van der Waals surface area contributed by atoms with Crippen LogP contribution in [-0.2, 0) is 20.9 Å². The number of hydrogen-bond donors (Lipinski definition) is 1. The molecule has 4 rings (SSSR count). The summed E-state index contributed by atoms with van der Waals surface area (Å²) in [6.45, 7) is 1.25. The molecule has 3 aromatic rings. The van der Waals surface area contributed by atoms with E-state index in [1.165, 1.54) is 22.3 Å². The smallest absolute Gasteiger partial charge is 0.325 e. The zero-order chi connectivity index (χ0) is 21.8. The molecule has 1 aliphatic carbocycles. The van der Waals surface area contributed by atoms with E-state index in [1.807, 2.05) is 31.2 Å². The van der Waals surface area contributed by atoms with Gasteiger partial charge in [0.05, 0.1) is 18.9 Å². The van der Waals surface area contributed by atoms with Crippen LogP contribution in [0.1, 0.15) is 49.1 Å². The van der Waals surface area contributed by atoms with E-state index in [9.17, 15) is 4.89 Å². The minimum absolute atomic E-state index is 0.00433. The third-order valence-electron chi connectivity index (χ3n) is 5.30. The number of nitrogens with zero attached hydrogens (tertiary/aromatic N) is 1. The molecule has 0 aliphatic heterocycles. The van der Waals surface area contributed by atoms with Crippen molar-refractivity contribution in [3.8, 4) is 16.9 Å². The highest BCUT2D eigenvalue weighted by atomic mass is 32.5. The van der Waals surface area contributed by atoms with Gasteiger partial charge in [-0.25, -0.2) is 0 Å². The second-order valence-corrected chi connectivity index (χ2v) is 10.3. The van der Waals surface area contributed by atoms with Gasteiger partial charge in [0.15, 0.2) is 0 Å². The molecule has 1 aliphatic rings. The van der Waals surface area contributed by atoms with E-state index in [0.29, 0.717) is 18.1 Å². The van der Waals surface area contributed by atoms with Crippen LogP contribution in [0.2, 0.25) is 0 Å². The molecule has 31 heavy (non-hydrogen) atoms. The van der Waals surface area contributed by atoms with E-state index in [2.05, 4.69) is 29.2 Å². The number of benzene rings is 2. The Hall–Kier alpha value is -2.08. The predicted octanol–water partition coefficient (Wildman–Crippen LogP) is 5.99. The van der Waals surface area contributed by atoms with Gasteiger partial charge in [0.1, 0.15) is 11.9 Å². The molecule has 1 N–H and O–H groups in total. The Balaban J connectivity index is 1.45. The molecule has 5 nitrogen and oxygen atoms in total. The quantitative estimate of drug-likeness (QED) is 0.400. The standard InChI is InChI=1S/C24H26NO4PS/c1-3-14-27-18-12-13-25-24(15-18)17(2)29-30(26,31)28-16-23-21-10-6-4-8-19(21)20-9-5-7-11-22(20)23/h4-13,15,17,23H,3,14,16H2,1-2H3,(H,26,31)/t17-,30-/m1/s1. The first-order chi connectivity index (χ1) is 15.0. The van der Waals surface area contributed by atoms with Gasteiger partial charge < -0.3 is 14.2 Å². The van der Waals surface area contributed by atoms with Gasteiger partial charge in [-0.05, 0) is 53.5 Å². The molecular formula is C24H26NO4PS. The van der Waals surface area contributed by atoms with Crippen molar-refractivity contribution in [2.24, 2.45) is 0 Å². The van der Waals surface area contributed by atoms with Gasteiger partial charge in [-0.2, -0.15) is 0 Å². The largest absolute Gasteiger partial charge is 0.493 e. The number of rotatable bonds is 9. The van der Waals surface area contributed by atoms with Crippen LogP contribution in [0.4, 0.5) is 0 Å². The summed E-state index contributed by atoms with van der Waals surface area (Å²) in [4.78, 5) is 15.1. The molecular weight excluding hydrogens is 429 g/mol. The van der Waals surface area contributed by atoms with Crippen molar-refractivity contribution >= 4 is 18.5 Å². The third kappa shape index (κ3) is 5.05. The van der Waals surface area contributed by atoms with Gasteiger partial charge in [-0.15, -0.1) is 0 Å². The molecule has 0 saturated heterocycles. The maximum absolute atomic E-state index is 10.7. The lowest BCUT2D eigenvalue weighted by Gasteiger charge is -2.23. The van der Waals surface area contributed by atoms with Crippen molar-refractivity contribution in [3.63, 3.8) is 0 Å². The van der Waals surface area contributed by atoms with Crippen molar-refractivity contribution in [2.45, 2.75) is 32.3 Å². The maximum Gasteiger partial charge on any atom is 0.325 e. The van der Waals surface area contributed by atoms with Crippen molar-refractivity contribution in [1.29, 1.82) is 0 Å². The van der Waals surface area contributed by atoms with E-state index in [-0.39, 0.29) is 12.5 Å². The summed E-state index contributed by atoms with van der Waals surface area (Å²) in [5.41, 5.74) is 5.38. The number of hydrogen-bond acceptors (Lipinski definition) is 5. The summed E-state index contributed by atoms with van der Waals surface area (Å²) in [5.74, 6) is 0.721. The summed E-state index contributed by atoms with van der Waals surface area (Å²) in [7, 11) is 0. The van der Waals surface area contributed by atoms with Crippen molar-refractivity contribution in [2.75, 3.05) is 13.2 Å². The lowest BCUT2D eigenvalue weighted by atomic mass is 9.98. The van der Waals surface area contributed by atoms with Crippen LogP contribution in [0.3, 0.4) is 0 Å². The fourth-order valence-corrected chi connectivity index (χ4v) is 5.33. The third-order valence-corrected chi connectivity index (χ3v) is 6.93. The first-order valence-electron chi connectivity index (χ1n) is 10.4. The molecule has 0 amide bonds. The second-order valence-electron chi connectivity index (χ2n) is 7.50. The molecule has 0 saturated carbocycles. The Morgan fingerprint density at radius 2 is 1.71 bits per heavy atom. The SMILES string of the molecule is CCCOc1ccnc([C@@H](C)O[P@](O)(=S)OCC2c3ccccc3-c3ccccc32)c1. The number of fused-ring (bicyclic) bond motifs is 3. The fourth-order valence-electron chi connectivity index (χ4n) is 3.85. The molecule has 0 unspecified atom stereocenters. The number of ether oxygens (including phenoxy) is 1. The monoisotopic (exact) mass is 455 g/mol. The normalized spacial score (nSPS) is 15.7. The van der Waals surface area contributed by atoms with Crippen LogP contribution in [0.15, 0.2) is 66.9 Å². The van der Waals surface area contributed by atoms with Gasteiger partial charge in [0.25, 0.3) is 0 Å². The summed E-state index contributed by atoms with van der Waals surface area (Å²) in [6, 6.07) is 20.1. The molecule has 162 valence electrons. The van der Waals surface area contributed by atoms with E-state index in [0.717, 1.165) is 6.42 Å². The Bertz CT molecular complexity index is 1060. The second kappa shape index (κ2) is 9.60. The van der Waals surface area contributed by atoms with Crippen LogP contribution < -0.4 is 4.74 Å². The lowest BCUT2D eigenvalue weighted by Crippen LogP contribution is -2.09. The van der Waals surface area contributed by atoms with Gasteiger partial charge in [0, 0.05) is 18.2 Å². The van der Waals surface area contributed by atoms with E-state index >= 15 is 0 Å². The molecule has 7 heteroatoms. The minimum Gasteiger partial charge on any atom is -0.493 e. The van der Waals surface area contributed by atoms with Crippen molar-refractivity contribution in [3.05, 3.63) is 83.7 Å². The van der Waals surface area contributed by atoms with Gasteiger partial charge in [-0.1, -0.05) is 55.5 Å². The zero-order valence-corrected chi connectivity index (χ0v) is 19.3. The van der Waals surface area contributed by atoms with Crippen LogP contribution >= 0.6 is 6.72 Å². The zero-order valence-electron chi connectivity index (χ0n) is 17.6. The Morgan fingerprint density at radius 1 is 1.06 bits per heavy atom. The highest BCUT2D eigenvalue weighted by molar-refractivity contribution is 8.07. The Kier molecular flexibility index (Phi) is 6.85. The predicted molar refractivity (Wildman–Crippen MR) is 126 cm³/mol. The lowest BCUT2D eigenvalue weighted by molar-refractivity contribution is 0.147. The fraction of sp³-hybridized carbons (Fsp3) is 0.292. The molecule has 1 heterocycles. The molecule has 2 aromatic carbocycles. The van der Waals surface area contributed by atoms with Gasteiger partial charge in [-0.3, -0.25) is 9.51 Å². The molecule has 0 spiro atoms. The average Bonchev–Trinajstić information content (AvgIpc) is 3.10. The van der Waals surface area contributed by atoms with Gasteiger partial charge in [0.2, 0.25) is 0 Å². The van der Waals surface area contributed by atoms with Crippen LogP contribution in [0.5, 0.6) is 5.75 Å². The molecule has 2 atom stereocenters. The molecule has 0 radical (unpaired) electrons. The Morgan fingerprint density at radius 3 is 2.35 bits per heavy atom. The number of pyridine rings is 1. The van der Waals surface area contributed by atoms with E-state index in [1.54, 1.807) is 25.3 Å². The maximum atomic E-state index is 10.7. The van der Waals surface area contributed by atoms with E-state index < -0.39 is 12.8 Å². The van der Waals surface area contributed by atoms with Gasteiger partial charge >= 0.3 is 6.72 Å². The molecule has 0 bridgehead atoms. The van der Waals surface area contributed by atoms with E-state index in [4.69, 9.17) is 25.6 Å². The highest BCUT2D eigenvalue weighted by Crippen LogP contribution is 2.51. The van der Waals surface area contributed by atoms with Crippen LogP contribution in [-0.4, -0.2) is 23.1 Å². The summed E-state index contributed by atoms with van der Waals surface area (Å²) in [5, 5.41) is 0. The summed E-state index contributed by atoms with van der Waals surface area (Å²) < 4.78 is 17.2. The number of aromatic nitrogens is 1. The first-order valence-corrected chi connectivity index (χ1v) is 13.0. The minimum atomic E-state index is -3.47. The topological polar surface area (TPSA) is 60.8 Å². The summed E-state index contributed by atoms with van der Waals surface area (Å²) in [6.07, 6.45) is 2.06. The van der Waals surface area contributed by atoms with Crippen LogP contribution in [0.25, 0.3) is 11.1 Å².